The lowest BCUT2D eigenvalue weighted by atomic mass is 10.1. The van der Waals surface area contributed by atoms with Crippen molar-refractivity contribution in [2.45, 2.75) is 0 Å². The number of methoxy groups -OCH3 is 1. The lowest BCUT2D eigenvalue weighted by Gasteiger charge is -2.08. The third-order valence-electron chi connectivity index (χ3n) is 2.80. The van der Waals surface area contributed by atoms with Gasteiger partial charge >= 0.3 is 11.7 Å². The number of aromatic nitrogens is 2. The summed E-state index contributed by atoms with van der Waals surface area (Å²) < 4.78 is 5.78. The van der Waals surface area contributed by atoms with Crippen molar-refractivity contribution in [2.75, 3.05) is 12.4 Å². The molecule has 0 unspecified atom stereocenters. The number of anilines is 1. The number of aryl methyl sites for hydroxylation is 1. The molecule has 1 N–H and O–H groups in total. The summed E-state index contributed by atoms with van der Waals surface area (Å²) in [5.41, 5.74) is -0.445. The minimum atomic E-state index is -0.788. The molecule has 0 radical (unpaired) electrons. The summed E-state index contributed by atoms with van der Waals surface area (Å²) in [7, 11) is 2.68. The zero-order valence-electron chi connectivity index (χ0n) is 11.8. The van der Waals surface area contributed by atoms with Gasteiger partial charge in [0.1, 0.15) is 6.20 Å². The number of nitrogens with one attached hydrogen (secondary N) is 1. The summed E-state index contributed by atoms with van der Waals surface area (Å²) in [6.07, 6.45) is 1.13. The van der Waals surface area contributed by atoms with Crippen molar-refractivity contribution in [1.82, 2.24) is 9.78 Å². The molecule has 9 heteroatoms. The Morgan fingerprint density at radius 3 is 2.68 bits per heavy atom. The minimum Gasteiger partial charge on any atom is -0.465 e. The van der Waals surface area contributed by atoms with Gasteiger partial charge in [0.15, 0.2) is 0 Å². The number of hydrogen-bond acceptors (Lipinski definition) is 6. The summed E-state index contributed by atoms with van der Waals surface area (Å²) in [5, 5.41) is 17.1. The molecule has 1 heterocycles. The maximum Gasteiger partial charge on any atom is 0.339 e. The molecule has 1 amide bonds. The molecule has 114 valence electrons. The quantitative estimate of drug-likeness (QED) is 0.518. The predicted octanol–water partition coefficient (Wildman–Crippen LogP) is 1.37. The van der Waals surface area contributed by atoms with Gasteiger partial charge in [0.25, 0.3) is 5.91 Å². The van der Waals surface area contributed by atoms with E-state index >= 15 is 0 Å². The molecule has 2 rings (SSSR count). The van der Waals surface area contributed by atoms with E-state index in [9.17, 15) is 19.7 Å². The molecule has 0 aliphatic rings. The highest BCUT2D eigenvalue weighted by Crippen LogP contribution is 2.20. The maximum atomic E-state index is 12.2. The number of nitro groups is 1. The number of ether oxygens (including phenoxy) is 1. The molecule has 1 aromatic carbocycles. The fraction of sp³-hybridized carbons (Fsp3) is 0.154. The number of carbonyl (C=O) groups is 2. The van der Waals surface area contributed by atoms with E-state index < -0.39 is 22.5 Å². The summed E-state index contributed by atoms with van der Waals surface area (Å²) in [5.74, 6) is -1.42. The Balaban J connectivity index is 2.34. The van der Waals surface area contributed by atoms with Crippen molar-refractivity contribution in [3.8, 4) is 0 Å². The second-order valence-electron chi connectivity index (χ2n) is 4.29. The second-order valence-corrected chi connectivity index (χ2v) is 4.29. The Hall–Kier alpha value is -3.23. The van der Waals surface area contributed by atoms with Crippen molar-refractivity contribution in [3.05, 3.63) is 51.8 Å². The van der Waals surface area contributed by atoms with Gasteiger partial charge < -0.3 is 10.1 Å². The zero-order valence-corrected chi connectivity index (χ0v) is 11.8. The summed E-state index contributed by atoms with van der Waals surface area (Å²) in [6, 6.07) is 6.16. The van der Waals surface area contributed by atoms with Crippen LogP contribution in [-0.2, 0) is 11.8 Å². The van der Waals surface area contributed by atoms with Crippen molar-refractivity contribution in [3.63, 3.8) is 0 Å². The zero-order chi connectivity index (χ0) is 16.3. The highest BCUT2D eigenvalue weighted by molar-refractivity contribution is 6.08. The summed E-state index contributed by atoms with van der Waals surface area (Å²) in [4.78, 5) is 34.0. The smallest absolute Gasteiger partial charge is 0.339 e. The van der Waals surface area contributed by atoms with Gasteiger partial charge in [0, 0.05) is 7.05 Å². The molecule has 0 fully saturated rings. The molecule has 9 nitrogen and oxygen atoms in total. The van der Waals surface area contributed by atoms with Gasteiger partial charge in [0.2, 0.25) is 5.69 Å². The molecule has 0 aliphatic carbocycles. The standard InChI is InChI=1S/C13H12N4O5/c1-16-7-10(17(20)21)11(15-16)12(18)14-9-6-4-3-5-8(9)13(19)22-2/h3-7H,1-2H3,(H,14,18). The first kappa shape index (κ1) is 15.2. The number of benzene rings is 1. The summed E-state index contributed by atoms with van der Waals surface area (Å²) >= 11 is 0. The Kier molecular flexibility index (Phi) is 4.16. The maximum absolute atomic E-state index is 12.2. The summed E-state index contributed by atoms with van der Waals surface area (Å²) in [6.45, 7) is 0. The minimum absolute atomic E-state index is 0.136. The van der Waals surface area contributed by atoms with Gasteiger partial charge in [-0.25, -0.2) is 4.79 Å². The van der Waals surface area contributed by atoms with E-state index in [0.29, 0.717) is 0 Å². The van der Waals surface area contributed by atoms with Crippen molar-refractivity contribution < 1.29 is 19.2 Å². The van der Waals surface area contributed by atoms with Crippen LogP contribution in [0.5, 0.6) is 0 Å². The van der Waals surface area contributed by atoms with Gasteiger partial charge in [-0.05, 0) is 12.1 Å². The Bertz CT molecular complexity index is 753. The highest BCUT2D eigenvalue weighted by Gasteiger charge is 2.26. The van der Waals surface area contributed by atoms with E-state index in [2.05, 4.69) is 15.2 Å². The van der Waals surface area contributed by atoms with Crippen LogP contribution < -0.4 is 5.32 Å². The van der Waals surface area contributed by atoms with Gasteiger partial charge in [-0.1, -0.05) is 12.1 Å². The fourth-order valence-corrected chi connectivity index (χ4v) is 1.83. The first-order valence-corrected chi connectivity index (χ1v) is 6.10. The van der Waals surface area contributed by atoms with Crippen LogP contribution in [0.25, 0.3) is 0 Å². The van der Waals surface area contributed by atoms with Crippen LogP contribution in [0.4, 0.5) is 11.4 Å². The van der Waals surface area contributed by atoms with Crippen molar-refractivity contribution in [2.24, 2.45) is 7.05 Å². The van der Waals surface area contributed by atoms with Crippen LogP contribution in [-0.4, -0.2) is 33.7 Å². The Morgan fingerprint density at radius 2 is 2.05 bits per heavy atom. The average molecular weight is 304 g/mol. The molecule has 1 aromatic heterocycles. The molecule has 0 saturated heterocycles. The van der Waals surface area contributed by atoms with Gasteiger partial charge in [-0.2, -0.15) is 5.10 Å². The molecule has 22 heavy (non-hydrogen) atoms. The van der Waals surface area contributed by atoms with E-state index in [4.69, 9.17) is 0 Å². The van der Waals surface area contributed by atoms with Crippen LogP contribution in [0, 0.1) is 10.1 Å². The molecule has 2 aromatic rings. The van der Waals surface area contributed by atoms with Crippen LogP contribution in [0.2, 0.25) is 0 Å². The van der Waals surface area contributed by atoms with Crippen LogP contribution in [0.1, 0.15) is 20.8 Å². The normalized spacial score (nSPS) is 10.1. The lowest BCUT2D eigenvalue weighted by Crippen LogP contribution is -2.17. The first-order valence-electron chi connectivity index (χ1n) is 6.10. The Morgan fingerprint density at radius 1 is 1.36 bits per heavy atom. The molecule has 0 saturated carbocycles. The number of amides is 1. The largest absolute Gasteiger partial charge is 0.465 e. The fourth-order valence-electron chi connectivity index (χ4n) is 1.83. The van der Waals surface area contributed by atoms with Gasteiger partial charge in [-0.3, -0.25) is 19.6 Å². The molecule has 0 spiro atoms. The number of para-hydroxylation sites is 1. The molecular weight excluding hydrogens is 292 g/mol. The predicted molar refractivity (Wildman–Crippen MR) is 75.6 cm³/mol. The molecule has 0 atom stereocenters. The first-order chi connectivity index (χ1) is 10.4. The average Bonchev–Trinajstić information content (AvgIpc) is 2.89. The lowest BCUT2D eigenvalue weighted by molar-refractivity contribution is -0.385. The molecular formula is C13H12N4O5. The number of rotatable bonds is 4. The molecule has 0 bridgehead atoms. The van der Waals surface area contributed by atoms with E-state index in [1.165, 1.54) is 31.0 Å². The highest BCUT2D eigenvalue weighted by atomic mass is 16.6. The van der Waals surface area contributed by atoms with E-state index in [-0.39, 0.29) is 16.9 Å². The number of nitrogens with zero attached hydrogens (tertiary/aromatic N) is 3. The third kappa shape index (κ3) is 2.92. The van der Waals surface area contributed by atoms with Gasteiger partial charge in [0.05, 0.1) is 23.3 Å². The van der Waals surface area contributed by atoms with Crippen molar-refractivity contribution >= 4 is 23.3 Å². The van der Waals surface area contributed by atoms with Crippen LogP contribution in [0.3, 0.4) is 0 Å². The second kappa shape index (κ2) is 6.04. The topological polar surface area (TPSA) is 116 Å². The van der Waals surface area contributed by atoms with Gasteiger partial charge in [-0.15, -0.1) is 0 Å². The third-order valence-corrected chi connectivity index (χ3v) is 2.80. The Labute approximate surface area is 124 Å². The number of hydrogen-bond donors (Lipinski definition) is 1. The van der Waals surface area contributed by atoms with E-state index in [0.717, 1.165) is 6.20 Å². The SMILES string of the molecule is COC(=O)c1ccccc1NC(=O)c1nn(C)cc1[N+](=O)[O-]. The van der Waals surface area contributed by atoms with Crippen LogP contribution in [0.15, 0.2) is 30.5 Å². The van der Waals surface area contributed by atoms with E-state index in [1.54, 1.807) is 12.1 Å². The number of carbonyl (C=O) groups excluding carboxylic acids is 2. The van der Waals surface area contributed by atoms with E-state index in [1.807, 2.05) is 0 Å². The monoisotopic (exact) mass is 304 g/mol. The molecule has 0 aliphatic heterocycles. The van der Waals surface area contributed by atoms with Crippen molar-refractivity contribution in [1.29, 1.82) is 0 Å². The van der Waals surface area contributed by atoms with Crippen LogP contribution >= 0.6 is 0 Å². The number of esters is 1.